The molecule has 2 aromatic heterocycles. The molecule has 0 bridgehead atoms. The first kappa shape index (κ1) is 20.5. The number of rotatable bonds is 6. The molecular weight excluding hydrogens is 361 g/mol. The molecule has 0 aliphatic carbocycles. The largest absolute Gasteiger partial charge is 0.416 e. The molecule has 0 saturated heterocycles. The van der Waals surface area contributed by atoms with E-state index in [1.165, 1.54) is 11.2 Å². The topological polar surface area (TPSA) is 113 Å². The molecule has 1 unspecified atom stereocenters. The van der Waals surface area contributed by atoms with Crippen molar-refractivity contribution in [2.45, 2.75) is 26.1 Å². The molecule has 7 nitrogen and oxygen atoms in total. The Kier molecular flexibility index (Phi) is 6.24. The number of anilines is 2. The summed E-state index contributed by atoms with van der Waals surface area (Å²) in [6.45, 7) is 3.34. The summed E-state index contributed by atoms with van der Waals surface area (Å²) in [5, 5.41) is 13.1. The van der Waals surface area contributed by atoms with Crippen molar-refractivity contribution in [1.29, 1.82) is 0 Å². The normalized spacial score (nSPS) is 13.4. The molecule has 0 amide bonds. The van der Waals surface area contributed by atoms with E-state index in [-0.39, 0.29) is 30.0 Å². The lowest BCUT2D eigenvalue weighted by atomic mass is 10.2. The Morgan fingerprint density at radius 2 is 2.04 bits per heavy atom. The number of aryl methyl sites for hydroxylation is 1. The van der Waals surface area contributed by atoms with Gasteiger partial charge in [-0.25, -0.2) is 15.8 Å². The first-order valence-corrected chi connectivity index (χ1v) is 8.00. The molecule has 6 N–H and O–H groups in total. The van der Waals surface area contributed by atoms with Gasteiger partial charge in [-0.2, -0.15) is 13.2 Å². The van der Waals surface area contributed by atoms with E-state index in [2.05, 4.69) is 15.3 Å². The van der Waals surface area contributed by atoms with Crippen LogP contribution in [0.25, 0.3) is 5.70 Å². The summed E-state index contributed by atoms with van der Waals surface area (Å²) in [5.74, 6) is 6.07. The van der Waals surface area contributed by atoms with Crippen LogP contribution in [0, 0.1) is 6.92 Å². The van der Waals surface area contributed by atoms with Crippen molar-refractivity contribution >= 4 is 17.3 Å². The van der Waals surface area contributed by atoms with Crippen molar-refractivity contribution in [1.82, 2.24) is 15.0 Å². The van der Waals surface area contributed by atoms with Crippen LogP contribution >= 0.6 is 0 Å². The minimum atomic E-state index is -4.47. The molecule has 2 rings (SSSR count). The maximum atomic E-state index is 12.8. The van der Waals surface area contributed by atoms with Gasteiger partial charge in [-0.1, -0.05) is 0 Å². The Labute approximate surface area is 154 Å². The number of halogens is 3. The highest BCUT2D eigenvalue weighted by Crippen LogP contribution is 2.30. The lowest BCUT2D eigenvalue weighted by Crippen LogP contribution is -2.37. The van der Waals surface area contributed by atoms with Crippen LogP contribution in [0.5, 0.6) is 0 Å². The van der Waals surface area contributed by atoms with Gasteiger partial charge in [0.25, 0.3) is 0 Å². The van der Waals surface area contributed by atoms with E-state index in [0.29, 0.717) is 5.69 Å². The van der Waals surface area contributed by atoms with Crippen molar-refractivity contribution < 1.29 is 18.3 Å². The minimum Gasteiger partial charge on any atom is -0.396 e. The van der Waals surface area contributed by atoms with Crippen molar-refractivity contribution in [3.63, 3.8) is 0 Å². The highest BCUT2D eigenvalue weighted by molar-refractivity contribution is 5.63. The molecule has 0 spiro atoms. The van der Waals surface area contributed by atoms with Gasteiger partial charge in [0, 0.05) is 12.4 Å². The van der Waals surface area contributed by atoms with Crippen LogP contribution in [0.3, 0.4) is 0 Å². The van der Waals surface area contributed by atoms with Gasteiger partial charge < -0.3 is 21.2 Å². The molecular formula is C17H21F3N6O. The average molecular weight is 382 g/mol. The number of hydrogen-bond acceptors (Lipinski definition) is 7. The Morgan fingerprint density at radius 1 is 1.33 bits per heavy atom. The highest BCUT2D eigenvalue weighted by Gasteiger charge is 2.30. The van der Waals surface area contributed by atoms with E-state index in [0.717, 1.165) is 23.9 Å². The summed E-state index contributed by atoms with van der Waals surface area (Å²) in [4.78, 5) is 8.17. The SMILES string of the molecule is Cc1cc(Nc2cc(C(F)(F)F)ccn2)nc(/C(N)=C/N(N)C(C)CO)c1. The summed E-state index contributed by atoms with van der Waals surface area (Å²) in [7, 11) is 0. The predicted octanol–water partition coefficient (Wildman–Crippen LogP) is 2.36. The Balaban J connectivity index is 2.29. The molecule has 1 atom stereocenters. The van der Waals surface area contributed by atoms with E-state index in [9.17, 15) is 13.2 Å². The van der Waals surface area contributed by atoms with E-state index in [1.807, 2.05) is 0 Å². The predicted molar refractivity (Wildman–Crippen MR) is 96.2 cm³/mol. The quantitative estimate of drug-likeness (QED) is 0.448. The van der Waals surface area contributed by atoms with Gasteiger partial charge in [-0.3, -0.25) is 0 Å². The lowest BCUT2D eigenvalue weighted by molar-refractivity contribution is -0.137. The molecule has 146 valence electrons. The highest BCUT2D eigenvalue weighted by atomic mass is 19.4. The number of nitrogens with one attached hydrogen (secondary N) is 1. The van der Waals surface area contributed by atoms with Crippen molar-refractivity contribution in [3.05, 3.63) is 53.5 Å². The van der Waals surface area contributed by atoms with E-state index in [4.69, 9.17) is 16.7 Å². The van der Waals surface area contributed by atoms with Gasteiger partial charge in [0.2, 0.25) is 0 Å². The summed E-state index contributed by atoms with van der Waals surface area (Å²) in [6.07, 6.45) is -1.97. The number of hydrogen-bond donors (Lipinski definition) is 4. The van der Waals surface area contributed by atoms with Gasteiger partial charge >= 0.3 is 6.18 Å². The Morgan fingerprint density at radius 3 is 2.67 bits per heavy atom. The van der Waals surface area contributed by atoms with Gasteiger partial charge in [0.1, 0.15) is 11.6 Å². The van der Waals surface area contributed by atoms with Crippen LogP contribution < -0.4 is 16.9 Å². The molecule has 0 radical (unpaired) electrons. The fraction of sp³-hybridized carbons (Fsp3) is 0.294. The van der Waals surface area contributed by atoms with Crippen LogP contribution in [0.15, 0.2) is 36.7 Å². The Hall–Kier alpha value is -2.85. The molecule has 27 heavy (non-hydrogen) atoms. The summed E-state index contributed by atoms with van der Waals surface area (Å²) < 4.78 is 38.5. The van der Waals surface area contributed by atoms with E-state index in [1.54, 1.807) is 26.0 Å². The van der Waals surface area contributed by atoms with Crippen LogP contribution in [0.2, 0.25) is 0 Å². The van der Waals surface area contributed by atoms with Crippen LogP contribution in [0.1, 0.15) is 23.7 Å². The second kappa shape index (κ2) is 8.23. The molecule has 2 aromatic rings. The Bertz CT molecular complexity index is 825. The number of aliphatic hydroxyl groups is 1. The summed E-state index contributed by atoms with van der Waals surface area (Å²) in [5.41, 5.74) is 6.59. The maximum absolute atomic E-state index is 12.8. The van der Waals surface area contributed by atoms with Crippen LogP contribution in [-0.2, 0) is 6.18 Å². The minimum absolute atomic E-state index is 0.00535. The lowest BCUT2D eigenvalue weighted by Gasteiger charge is -2.21. The van der Waals surface area contributed by atoms with E-state index < -0.39 is 11.7 Å². The van der Waals surface area contributed by atoms with Crippen LogP contribution in [-0.4, -0.2) is 32.7 Å². The number of nitrogens with zero attached hydrogens (tertiary/aromatic N) is 3. The summed E-state index contributed by atoms with van der Waals surface area (Å²) in [6, 6.07) is 4.79. The smallest absolute Gasteiger partial charge is 0.396 e. The fourth-order valence-electron chi connectivity index (χ4n) is 2.13. The molecule has 0 aliphatic rings. The molecule has 0 fully saturated rings. The fourth-order valence-corrected chi connectivity index (χ4v) is 2.13. The van der Waals surface area contributed by atoms with Crippen molar-refractivity contribution in [3.8, 4) is 0 Å². The van der Waals surface area contributed by atoms with Gasteiger partial charge in [-0.15, -0.1) is 0 Å². The first-order chi connectivity index (χ1) is 12.6. The van der Waals surface area contributed by atoms with Gasteiger partial charge in [0.05, 0.1) is 29.6 Å². The number of hydrazine groups is 1. The maximum Gasteiger partial charge on any atom is 0.416 e. The van der Waals surface area contributed by atoms with Crippen molar-refractivity contribution in [2.75, 3.05) is 11.9 Å². The first-order valence-electron chi connectivity index (χ1n) is 8.00. The number of pyridine rings is 2. The molecule has 0 aromatic carbocycles. The second-order valence-electron chi connectivity index (χ2n) is 6.03. The number of nitrogens with two attached hydrogens (primary N) is 2. The number of aromatic nitrogens is 2. The third-order valence-corrected chi connectivity index (χ3v) is 3.67. The molecule has 0 saturated carbocycles. The van der Waals surface area contributed by atoms with Crippen LogP contribution in [0.4, 0.5) is 24.8 Å². The van der Waals surface area contributed by atoms with Crippen molar-refractivity contribution in [2.24, 2.45) is 11.6 Å². The third kappa shape index (κ3) is 5.56. The third-order valence-electron chi connectivity index (χ3n) is 3.67. The van der Waals surface area contributed by atoms with E-state index >= 15 is 0 Å². The summed E-state index contributed by atoms with van der Waals surface area (Å²) >= 11 is 0. The zero-order valence-corrected chi connectivity index (χ0v) is 14.8. The van der Waals surface area contributed by atoms with Gasteiger partial charge in [-0.05, 0) is 43.7 Å². The molecule has 2 heterocycles. The zero-order chi connectivity index (χ0) is 20.2. The standard InChI is InChI=1S/C17H21F3N6O/c1-10-5-14(13(21)8-26(22)11(2)9-27)24-16(6-10)25-15-7-12(3-4-23-15)17(18,19)20/h3-8,11,27H,9,21-22H2,1-2H3,(H,23,24,25)/b13-8-. The second-order valence-corrected chi connectivity index (χ2v) is 6.03. The average Bonchev–Trinajstić information content (AvgIpc) is 2.59. The monoisotopic (exact) mass is 382 g/mol. The van der Waals surface area contributed by atoms with Gasteiger partial charge in [0.15, 0.2) is 0 Å². The number of aliphatic hydroxyl groups excluding tert-OH is 1. The molecule has 10 heteroatoms. The zero-order valence-electron chi connectivity index (χ0n) is 14.8. The number of alkyl halides is 3. The molecule has 0 aliphatic heterocycles.